The summed E-state index contributed by atoms with van der Waals surface area (Å²) < 4.78 is 0. The van der Waals surface area contributed by atoms with Crippen molar-refractivity contribution < 1.29 is 4.79 Å². The molecule has 1 aliphatic rings. The highest BCUT2D eigenvalue weighted by Crippen LogP contribution is 2.28. The number of benzene rings is 3. The number of amides is 1. The van der Waals surface area contributed by atoms with E-state index in [0.29, 0.717) is 5.92 Å². The van der Waals surface area contributed by atoms with E-state index in [0.717, 1.165) is 57.7 Å². The molecule has 3 aromatic carbocycles. The summed E-state index contributed by atoms with van der Waals surface area (Å²) >= 11 is 0. The Morgan fingerprint density at radius 1 is 0.794 bits per heavy atom. The largest absolute Gasteiger partial charge is 0.337 e. The van der Waals surface area contributed by atoms with Crippen molar-refractivity contribution in [3.8, 4) is 0 Å². The molecule has 1 fully saturated rings. The number of hydrogen-bond acceptors (Lipinski definition) is 3. The van der Waals surface area contributed by atoms with Crippen molar-refractivity contribution >= 4 is 5.91 Å². The van der Waals surface area contributed by atoms with E-state index in [9.17, 15) is 4.79 Å². The molecule has 0 saturated carbocycles. The second-order valence-corrected chi connectivity index (χ2v) is 9.58. The number of carbonyl (C=O) groups excluding carboxylic acids is 1. The summed E-state index contributed by atoms with van der Waals surface area (Å²) in [5.41, 5.74) is 4.77. The Bertz CT molecular complexity index is 978. The lowest BCUT2D eigenvalue weighted by Gasteiger charge is -2.25. The normalized spacial score (nSPS) is 15.0. The van der Waals surface area contributed by atoms with Gasteiger partial charge in [-0.15, -0.1) is 0 Å². The Morgan fingerprint density at radius 2 is 1.41 bits per heavy atom. The average Bonchev–Trinajstić information content (AvgIpc) is 3.11. The molecule has 0 aliphatic carbocycles. The van der Waals surface area contributed by atoms with E-state index in [1.54, 1.807) is 0 Å². The summed E-state index contributed by atoms with van der Waals surface area (Å²) in [6.07, 6.45) is 2.10. The van der Waals surface area contributed by atoms with Crippen LogP contribution >= 0.6 is 0 Å². The minimum Gasteiger partial charge on any atom is -0.337 e. The van der Waals surface area contributed by atoms with E-state index < -0.39 is 0 Å². The van der Waals surface area contributed by atoms with Crippen LogP contribution in [0.2, 0.25) is 0 Å². The first-order chi connectivity index (χ1) is 16.6. The van der Waals surface area contributed by atoms with Crippen molar-refractivity contribution in [1.82, 2.24) is 14.7 Å². The van der Waals surface area contributed by atoms with Gasteiger partial charge >= 0.3 is 0 Å². The Morgan fingerprint density at radius 3 is 2.00 bits per heavy atom. The van der Waals surface area contributed by atoms with Gasteiger partial charge in [0.2, 0.25) is 0 Å². The third-order valence-electron chi connectivity index (χ3n) is 6.71. The Labute approximate surface area is 204 Å². The van der Waals surface area contributed by atoms with Gasteiger partial charge in [0.25, 0.3) is 5.91 Å². The smallest absolute Gasteiger partial charge is 0.253 e. The number of rotatable bonds is 8. The molecule has 0 N–H and O–H groups in total. The molecule has 1 saturated heterocycles. The van der Waals surface area contributed by atoms with Crippen molar-refractivity contribution in [2.45, 2.75) is 25.3 Å². The molecule has 3 aromatic rings. The standard InChI is InChI=1S/C30H37N3O/c1-31(2)24-25-14-16-28(17-15-25)30(34)33-20-9-19-32(22-23-33)21-18-29(26-10-5-3-6-11-26)27-12-7-4-8-13-27/h3-8,10-17,29H,9,18-24H2,1-2H3. The van der Waals surface area contributed by atoms with Crippen molar-refractivity contribution in [1.29, 1.82) is 0 Å². The van der Waals surface area contributed by atoms with Crippen LogP contribution in [0.25, 0.3) is 0 Å². The molecule has 178 valence electrons. The molecule has 0 spiro atoms. The highest BCUT2D eigenvalue weighted by Gasteiger charge is 2.22. The molecule has 0 bridgehead atoms. The molecule has 34 heavy (non-hydrogen) atoms. The van der Waals surface area contributed by atoms with E-state index in [1.807, 2.05) is 17.0 Å². The van der Waals surface area contributed by atoms with E-state index in [-0.39, 0.29) is 5.91 Å². The van der Waals surface area contributed by atoms with Crippen molar-refractivity contribution in [2.75, 3.05) is 46.8 Å². The van der Waals surface area contributed by atoms with Gasteiger partial charge in [-0.2, -0.15) is 0 Å². The highest BCUT2D eigenvalue weighted by atomic mass is 16.2. The molecule has 0 unspecified atom stereocenters. The molecule has 0 aromatic heterocycles. The predicted octanol–water partition coefficient (Wildman–Crippen LogP) is 5.12. The molecule has 1 amide bonds. The van der Waals surface area contributed by atoms with Crippen LogP contribution in [0.15, 0.2) is 84.9 Å². The lowest BCUT2D eigenvalue weighted by molar-refractivity contribution is 0.0761. The van der Waals surface area contributed by atoms with Crippen LogP contribution in [0.5, 0.6) is 0 Å². The van der Waals surface area contributed by atoms with E-state index in [1.165, 1.54) is 16.7 Å². The molecule has 0 radical (unpaired) electrons. The maximum atomic E-state index is 13.1. The first-order valence-electron chi connectivity index (χ1n) is 12.5. The molecule has 4 heteroatoms. The lowest BCUT2D eigenvalue weighted by atomic mass is 9.88. The van der Waals surface area contributed by atoms with E-state index in [2.05, 4.69) is 96.7 Å². The maximum Gasteiger partial charge on any atom is 0.253 e. The van der Waals surface area contributed by atoms with E-state index >= 15 is 0 Å². The lowest BCUT2D eigenvalue weighted by Crippen LogP contribution is -2.35. The second-order valence-electron chi connectivity index (χ2n) is 9.58. The van der Waals surface area contributed by atoms with Gasteiger partial charge in [-0.25, -0.2) is 0 Å². The van der Waals surface area contributed by atoms with Gasteiger partial charge in [-0.05, 0) is 68.8 Å². The van der Waals surface area contributed by atoms with Gasteiger partial charge in [0, 0.05) is 37.7 Å². The van der Waals surface area contributed by atoms with Gasteiger partial charge in [-0.3, -0.25) is 4.79 Å². The predicted molar refractivity (Wildman–Crippen MR) is 140 cm³/mol. The van der Waals surface area contributed by atoms with Crippen LogP contribution in [0.4, 0.5) is 0 Å². The van der Waals surface area contributed by atoms with Crippen LogP contribution in [-0.2, 0) is 6.54 Å². The summed E-state index contributed by atoms with van der Waals surface area (Å²) in [4.78, 5) is 19.8. The second kappa shape index (κ2) is 12.0. The number of hydrogen-bond donors (Lipinski definition) is 0. The van der Waals surface area contributed by atoms with Crippen LogP contribution in [0.3, 0.4) is 0 Å². The van der Waals surface area contributed by atoms with Gasteiger partial charge in [0.05, 0.1) is 0 Å². The summed E-state index contributed by atoms with van der Waals surface area (Å²) in [5, 5.41) is 0. The van der Waals surface area contributed by atoms with E-state index in [4.69, 9.17) is 0 Å². The Kier molecular flexibility index (Phi) is 8.51. The fraction of sp³-hybridized carbons (Fsp3) is 0.367. The molecule has 1 heterocycles. The third kappa shape index (κ3) is 6.55. The summed E-state index contributed by atoms with van der Waals surface area (Å²) in [7, 11) is 4.12. The van der Waals surface area contributed by atoms with Crippen LogP contribution in [-0.4, -0.2) is 67.4 Å². The first kappa shape index (κ1) is 24.2. The highest BCUT2D eigenvalue weighted by molar-refractivity contribution is 5.94. The Hall–Kier alpha value is -2.95. The van der Waals surface area contributed by atoms with Gasteiger partial charge in [0.15, 0.2) is 0 Å². The zero-order valence-corrected chi connectivity index (χ0v) is 20.6. The molecule has 4 rings (SSSR count). The molecule has 0 atom stereocenters. The average molecular weight is 456 g/mol. The maximum absolute atomic E-state index is 13.1. The first-order valence-corrected chi connectivity index (χ1v) is 12.5. The van der Waals surface area contributed by atoms with Gasteiger partial charge < -0.3 is 14.7 Å². The van der Waals surface area contributed by atoms with Crippen LogP contribution < -0.4 is 0 Å². The zero-order chi connectivity index (χ0) is 23.8. The number of carbonyl (C=O) groups is 1. The molecule has 4 nitrogen and oxygen atoms in total. The third-order valence-corrected chi connectivity index (χ3v) is 6.71. The minimum atomic E-state index is 0.157. The molecule has 1 aliphatic heterocycles. The topological polar surface area (TPSA) is 26.8 Å². The monoisotopic (exact) mass is 455 g/mol. The van der Waals surface area contributed by atoms with Crippen molar-refractivity contribution in [3.63, 3.8) is 0 Å². The SMILES string of the molecule is CN(C)Cc1ccc(C(=O)N2CCCN(CCC(c3ccccc3)c3ccccc3)CC2)cc1. The minimum absolute atomic E-state index is 0.157. The molecular formula is C30H37N3O. The Balaban J connectivity index is 1.35. The fourth-order valence-corrected chi connectivity index (χ4v) is 4.91. The fourth-order valence-electron chi connectivity index (χ4n) is 4.91. The van der Waals surface area contributed by atoms with Gasteiger partial charge in [-0.1, -0.05) is 72.8 Å². The summed E-state index contributed by atoms with van der Waals surface area (Å²) in [6.45, 7) is 5.52. The van der Waals surface area contributed by atoms with Crippen LogP contribution in [0, 0.1) is 0 Å². The molecular weight excluding hydrogens is 418 g/mol. The van der Waals surface area contributed by atoms with Gasteiger partial charge in [0.1, 0.15) is 0 Å². The number of nitrogens with zero attached hydrogens (tertiary/aromatic N) is 3. The zero-order valence-electron chi connectivity index (χ0n) is 20.6. The summed E-state index contributed by atoms with van der Waals surface area (Å²) in [5.74, 6) is 0.550. The van der Waals surface area contributed by atoms with Crippen molar-refractivity contribution in [2.24, 2.45) is 0 Å². The van der Waals surface area contributed by atoms with Crippen molar-refractivity contribution in [3.05, 3.63) is 107 Å². The van der Waals surface area contributed by atoms with Crippen LogP contribution in [0.1, 0.15) is 45.8 Å². The quantitative estimate of drug-likeness (QED) is 0.472. The summed E-state index contributed by atoms with van der Waals surface area (Å²) in [6, 6.07) is 29.8.